The van der Waals surface area contributed by atoms with Crippen LogP contribution in [0, 0.1) is 0 Å². The highest BCUT2D eigenvalue weighted by molar-refractivity contribution is 6.42. The summed E-state index contributed by atoms with van der Waals surface area (Å²) in [5, 5.41) is 6.86. The number of carbonyl (C=O) groups is 1. The first-order valence-corrected chi connectivity index (χ1v) is 6.89. The molecule has 2 aromatic rings. The topological polar surface area (TPSA) is 69.8 Å². The number of aromatic nitrogens is 2. The molecule has 2 heterocycles. The molecule has 0 fully saturated rings. The smallest absolute Gasteiger partial charge is 0.241 e. The van der Waals surface area contributed by atoms with Gasteiger partial charge in [-0.25, -0.2) is 4.98 Å². The molecule has 1 aromatic carbocycles. The molecule has 1 unspecified atom stereocenters. The van der Waals surface area contributed by atoms with E-state index < -0.39 is 0 Å². The van der Waals surface area contributed by atoms with Crippen LogP contribution in [0.25, 0.3) is 0 Å². The van der Waals surface area contributed by atoms with Crippen molar-refractivity contribution in [1.82, 2.24) is 15.3 Å². The van der Waals surface area contributed by atoms with Crippen molar-refractivity contribution in [1.29, 1.82) is 0 Å². The van der Waals surface area contributed by atoms with Crippen molar-refractivity contribution in [3.8, 4) is 0 Å². The van der Waals surface area contributed by atoms with Gasteiger partial charge in [0.05, 0.1) is 33.8 Å². The maximum atomic E-state index is 12.2. The predicted octanol–water partition coefficient (Wildman–Crippen LogP) is 2.37. The summed E-state index contributed by atoms with van der Waals surface area (Å²) in [6, 6.07) is 4.69. The first-order chi connectivity index (χ1) is 9.63. The second kappa shape index (κ2) is 5.44. The number of fused-ring (bicyclic) bond motifs is 1. The summed E-state index contributed by atoms with van der Waals surface area (Å²) in [6.07, 6.45) is 2.21. The van der Waals surface area contributed by atoms with Crippen LogP contribution >= 0.6 is 23.2 Å². The number of H-pyrrole nitrogens is 1. The number of nitrogens with zero attached hydrogens (tertiary/aromatic N) is 1. The molecular formula is C13H12Cl2N4O. The molecule has 1 aliphatic rings. The molecule has 3 rings (SSSR count). The number of amides is 1. The molecule has 1 amide bonds. The van der Waals surface area contributed by atoms with Gasteiger partial charge in [-0.2, -0.15) is 0 Å². The number of imidazole rings is 1. The summed E-state index contributed by atoms with van der Waals surface area (Å²) in [4.78, 5) is 19.5. The minimum absolute atomic E-state index is 0.114. The summed E-state index contributed by atoms with van der Waals surface area (Å²) in [6.45, 7) is 0.606. The van der Waals surface area contributed by atoms with Crippen molar-refractivity contribution in [2.24, 2.45) is 0 Å². The lowest BCUT2D eigenvalue weighted by Crippen LogP contribution is -2.44. The number of aromatic amines is 1. The van der Waals surface area contributed by atoms with Gasteiger partial charge in [0.1, 0.15) is 0 Å². The number of hydrogen-bond donors (Lipinski definition) is 3. The zero-order valence-corrected chi connectivity index (χ0v) is 11.9. The van der Waals surface area contributed by atoms with E-state index >= 15 is 0 Å². The molecule has 5 nitrogen and oxygen atoms in total. The second-order valence-electron chi connectivity index (χ2n) is 4.58. The molecule has 0 bridgehead atoms. The van der Waals surface area contributed by atoms with Crippen molar-refractivity contribution in [2.45, 2.75) is 19.0 Å². The Balaban J connectivity index is 1.69. The van der Waals surface area contributed by atoms with Crippen LogP contribution in [0.3, 0.4) is 0 Å². The van der Waals surface area contributed by atoms with Gasteiger partial charge in [0.25, 0.3) is 0 Å². The van der Waals surface area contributed by atoms with Gasteiger partial charge in [-0.05, 0) is 18.2 Å². The first-order valence-electron chi connectivity index (χ1n) is 6.14. The normalized spacial score (nSPS) is 17.6. The maximum Gasteiger partial charge on any atom is 0.241 e. The van der Waals surface area contributed by atoms with E-state index in [9.17, 15) is 4.79 Å². The fourth-order valence-corrected chi connectivity index (χ4v) is 2.46. The van der Waals surface area contributed by atoms with Gasteiger partial charge in [0.15, 0.2) is 0 Å². The molecule has 104 valence electrons. The molecule has 7 heteroatoms. The summed E-state index contributed by atoms with van der Waals surface area (Å²) < 4.78 is 0. The van der Waals surface area contributed by atoms with E-state index in [4.69, 9.17) is 23.2 Å². The van der Waals surface area contributed by atoms with Gasteiger partial charge >= 0.3 is 0 Å². The molecule has 0 spiro atoms. The van der Waals surface area contributed by atoms with Crippen molar-refractivity contribution in [3.63, 3.8) is 0 Å². The standard InChI is InChI=1S/C13H12Cl2N4O/c14-8-2-1-7(3-9(8)15)19-13(20)11-4-10-12(5-16-11)18-6-17-10/h1-3,6,11,16H,4-5H2,(H,17,18)(H,19,20). The van der Waals surface area contributed by atoms with Crippen LogP contribution in [0.2, 0.25) is 10.0 Å². The Labute approximate surface area is 125 Å². The Morgan fingerprint density at radius 1 is 1.35 bits per heavy atom. The fourth-order valence-electron chi connectivity index (χ4n) is 2.16. The molecule has 0 radical (unpaired) electrons. The Morgan fingerprint density at radius 3 is 3.00 bits per heavy atom. The number of nitrogens with one attached hydrogen (secondary N) is 3. The van der Waals surface area contributed by atoms with Crippen LogP contribution in [-0.4, -0.2) is 21.9 Å². The highest BCUT2D eigenvalue weighted by Gasteiger charge is 2.25. The lowest BCUT2D eigenvalue weighted by molar-refractivity contribution is -0.118. The van der Waals surface area contributed by atoms with Crippen LogP contribution in [0.5, 0.6) is 0 Å². The molecule has 0 saturated carbocycles. The van der Waals surface area contributed by atoms with E-state index in [1.165, 1.54) is 0 Å². The molecule has 1 aromatic heterocycles. The van der Waals surface area contributed by atoms with Gasteiger partial charge in [-0.3, -0.25) is 10.1 Å². The third kappa shape index (κ3) is 2.65. The monoisotopic (exact) mass is 310 g/mol. The van der Waals surface area contributed by atoms with E-state index in [1.807, 2.05) is 0 Å². The summed E-state index contributed by atoms with van der Waals surface area (Å²) >= 11 is 11.8. The van der Waals surface area contributed by atoms with Gasteiger partial charge in [0, 0.05) is 18.7 Å². The minimum atomic E-state index is -0.305. The largest absolute Gasteiger partial charge is 0.347 e. The number of benzene rings is 1. The number of halogens is 2. The van der Waals surface area contributed by atoms with Gasteiger partial charge in [-0.15, -0.1) is 0 Å². The minimum Gasteiger partial charge on any atom is -0.347 e. The Hall–Kier alpha value is -1.56. The van der Waals surface area contributed by atoms with E-state index in [2.05, 4.69) is 20.6 Å². The van der Waals surface area contributed by atoms with E-state index in [1.54, 1.807) is 24.5 Å². The zero-order chi connectivity index (χ0) is 14.1. The van der Waals surface area contributed by atoms with Crippen LogP contribution in [0.15, 0.2) is 24.5 Å². The van der Waals surface area contributed by atoms with Crippen LogP contribution in [-0.2, 0) is 17.8 Å². The molecule has 1 aliphatic heterocycles. The van der Waals surface area contributed by atoms with E-state index in [-0.39, 0.29) is 11.9 Å². The average molecular weight is 311 g/mol. The average Bonchev–Trinajstić information content (AvgIpc) is 2.90. The summed E-state index contributed by atoms with van der Waals surface area (Å²) in [5.74, 6) is -0.114. The number of hydrogen-bond acceptors (Lipinski definition) is 3. The molecule has 0 aliphatic carbocycles. The maximum absolute atomic E-state index is 12.2. The van der Waals surface area contributed by atoms with E-state index in [0.29, 0.717) is 28.7 Å². The van der Waals surface area contributed by atoms with Crippen LogP contribution < -0.4 is 10.6 Å². The third-order valence-corrected chi connectivity index (χ3v) is 3.97. The van der Waals surface area contributed by atoms with Crippen LogP contribution in [0.4, 0.5) is 5.69 Å². The number of rotatable bonds is 2. The quantitative estimate of drug-likeness (QED) is 0.797. The summed E-state index contributed by atoms with van der Waals surface area (Å²) in [5.41, 5.74) is 2.58. The van der Waals surface area contributed by atoms with E-state index in [0.717, 1.165) is 11.4 Å². The Bertz CT molecular complexity index is 656. The fraction of sp³-hybridized carbons (Fsp3) is 0.231. The highest BCUT2D eigenvalue weighted by atomic mass is 35.5. The van der Waals surface area contributed by atoms with Crippen LogP contribution in [0.1, 0.15) is 11.4 Å². The molecule has 20 heavy (non-hydrogen) atoms. The molecular weight excluding hydrogens is 299 g/mol. The Morgan fingerprint density at radius 2 is 2.20 bits per heavy atom. The first kappa shape index (κ1) is 13.4. The SMILES string of the molecule is O=C(Nc1ccc(Cl)c(Cl)c1)C1Cc2nc[nH]c2CN1. The number of anilines is 1. The van der Waals surface area contributed by atoms with Gasteiger partial charge < -0.3 is 10.3 Å². The zero-order valence-electron chi connectivity index (χ0n) is 10.4. The van der Waals surface area contributed by atoms with Crippen molar-refractivity contribution >= 4 is 34.8 Å². The molecule has 0 saturated heterocycles. The molecule has 3 N–H and O–H groups in total. The highest BCUT2D eigenvalue weighted by Crippen LogP contribution is 2.25. The number of carbonyl (C=O) groups excluding carboxylic acids is 1. The lowest BCUT2D eigenvalue weighted by atomic mass is 10.0. The lowest BCUT2D eigenvalue weighted by Gasteiger charge is -2.22. The Kier molecular flexibility index (Phi) is 3.65. The van der Waals surface area contributed by atoms with Crippen molar-refractivity contribution in [3.05, 3.63) is 46.0 Å². The van der Waals surface area contributed by atoms with Crippen molar-refractivity contribution in [2.75, 3.05) is 5.32 Å². The van der Waals surface area contributed by atoms with Gasteiger partial charge in [0.2, 0.25) is 5.91 Å². The molecule has 1 atom stereocenters. The third-order valence-electron chi connectivity index (χ3n) is 3.23. The van der Waals surface area contributed by atoms with Crippen molar-refractivity contribution < 1.29 is 4.79 Å². The predicted molar refractivity (Wildman–Crippen MR) is 78.0 cm³/mol. The van der Waals surface area contributed by atoms with Gasteiger partial charge in [-0.1, -0.05) is 23.2 Å². The second-order valence-corrected chi connectivity index (χ2v) is 5.40. The summed E-state index contributed by atoms with van der Waals surface area (Å²) in [7, 11) is 0.